The maximum atomic E-state index is 11.1. The van der Waals surface area contributed by atoms with E-state index in [1.54, 1.807) is 13.0 Å². The van der Waals surface area contributed by atoms with E-state index < -0.39 is 5.97 Å². The van der Waals surface area contributed by atoms with Gasteiger partial charge in [0.1, 0.15) is 23.2 Å². The Hall–Kier alpha value is -3.07. The highest BCUT2D eigenvalue weighted by atomic mass is 16.5. The molecule has 6 heteroatoms. The minimum Gasteiger partial charge on any atom is -0.490 e. The molecule has 1 heterocycles. The molecule has 1 fully saturated rings. The minimum atomic E-state index is -0.904. The van der Waals surface area contributed by atoms with Crippen molar-refractivity contribution in [2.24, 2.45) is 0 Å². The molecule has 140 valence electrons. The molecule has 6 nitrogen and oxygen atoms in total. The van der Waals surface area contributed by atoms with Crippen LogP contribution in [-0.2, 0) is 4.79 Å². The molecule has 1 saturated carbocycles. The van der Waals surface area contributed by atoms with E-state index in [0.717, 1.165) is 31.2 Å². The molecule has 0 radical (unpaired) electrons. The van der Waals surface area contributed by atoms with Crippen molar-refractivity contribution in [1.82, 2.24) is 4.98 Å². The summed E-state index contributed by atoms with van der Waals surface area (Å²) < 4.78 is 6.20. The molecule has 2 aromatic rings. The number of aromatic nitrogens is 1. The number of para-hydroxylation sites is 1. The lowest BCUT2D eigenvalue weighted by Gasteiger charge is -2.19. The lowest BCUT2D eigenvalue weighted by Crippen LogP contribution is -2.12. The standard InChI is InChI=1S/C21H23N3O3/c1-13(10-20(25)26)18-11-16(17(12-22)21(23)24-18)15-8-4-5-9-19(15)27-14-6-2-3-7-14/h4-5,8-9,11,13-14H,2-3,6-7,10H2,1H3,(H2,23,24)(H,25,26). The van der Waals surface area contributed by atoms with Crippen LogP contribution < -0.4 is 10.5 Å². The van der Waals surface area contributed by atoms with Crippen molar-refractivity contribution in [3.63, 3.8) is 0 Å². The normalized spacial score (nSPS) is 15.3. The minimum absolute atomic E-state index is 0.0575. The average Bonchev–Trinajstić information content (AvgIpc) is 3.14. The summed E-state index contributed by atoms with van der Waals surface area (Å²) in [6, 6.07) is 11.5. The Morgan fingerprint density at radius 2 is 2.07 bits per heavy atom. The van der Waals surface area contributed by atoms with E-state index in [1.807, 2.05) is 24.3 Å². The van der Waals surface area contributed by atoms with Crippen LogP contribution in [0.3, 0.4) is 0 Å². The molecule has 1 atom stereocenters. The van der Waals surface area contributed by atoms with Gasteiger partial charge in [0.2, 0.25) is 0 Å². The lowest BCUT2D eigenvalue weighted by molar-refractivity contribution is -0.137. The molecular formula is C21H23N3O3. The fraction of sp³-hybridized carbons (Fsp3) is 0.381. The van der Waals surface area contributed by atoms with Crippen molar-refractivity contribution in [3.05, 3.63) is 41.6 Å². The molecule has 1 aromatic carbocycles. The zero-order chi connectivity index (χ0) is 19.4. The fourth-order valence-corrected chi connectivity index (χ4v) is 3.51. The smallest absolute Gasteiger partial charge is 0.304 e. The summed E-state index contributed by atoms with van der Waals surface area (Å²) in [4.78, 5) is 15.3. The summed E-state index contributed by atoms with van der Waals surface area (Å²) in [5, 5.41) is 18.7. The van der Waals surface area contributed by atoms with Crippen molar-refractivity contribution in [3.8, 4) is 22.9 Å². The summed E-state index contributed by atoms with van der Waals surface area (Å²) >= 11 is 0. The molecule has 0 amide bonds. The van der Waals surface area contributed by atoms with E-state index in [2.05, 4.69) is 11.1 Å². The first kappa shape index (κ1) is 18.7. The summed E-state index contributed by atoms with van der Waals surface area (Å²) in [6.45, 7) is 1.78. The maximum Gasteiger partial charge on any atom is 0.304 e. The van der Waals surface area contributed by atoms with Crippen LogP contribution in [0.5, 0.6) is 5.75 Å². The Morgan fingerprint density at radius 3 is 2.74 bits per heavy atom. The number of nitrogens with two attached hydrogens (primary N) is 1. The van der Waals surface area contributed by atoms with Crippen LogP contribution in [0.15, 0.2) is 30.3 Å². The maximum absolute atomic E-state index is 11.1. The second-order valence-corrected chi connectivity index (χ2v) is 6.99. The number of pyridine rings is 1. The first-order valence-corrected chi connectivity index (χ1v) is 9.18. The number of nitriles is 1. The van der Waals surface area contributed by atoms with Gasteiger partial charge in [0, 0.05) is 22.7 Å². The Bertz CT molecular complexity index is 883. The van der Waals surface area contributed by atoms with Crippen molar-refractivity contribution < 1.29 is 14.6 Å². The number of aliphatic carboxylic acids is 1. The average molecular weight is 365 g/mol. The van der Waals surface area contributed by atoms with Gasteiger partial charge in [0.15, 0.2) is 0 Å². The summed E-state index contributed by atoms with van der Waals surface area (Å²) in [5.74, 6) is -0.404. The number of carboxylic acid groups (broad SMARTS) is 1. The van der Waals surface area contributed by atoms with Gasteiger partial charge in [-0.3, -0.25) is 4.79 Å². The Morgan fingerprint density at radius 1 is 1.37 bits per heavy atom. The van der Waals surface area contributed by atoms with Crippen molar-refractivity contribution in [1.29, 1.82) is 5.26 Å². The number of nitrogens with zero attached hydrogens (tertiary/aromatic N) is 2. The molecule has 1 aromatic heterocycles. The third-order valence-electron chi connectivity index (χ3n) is 4.94. The first-order chi connectivity index (χ1) is 13.0. The summed E-state index contributed by atoms with van der Waals surface area (Å²) in [7, 11) is 0. The number of hydrogen-bond donors (Lipinski definition) is 2. The van der Waals surface area contributed by atoms with Gasteiger partial charge >= 0.3 is 5.97 Å². The van der Waals surface area contributed by atoms with Crippen LogP contribution in [-0.4, -0.2) is 22.2 Å². The third-order valence-corrected chi connectivity index (χ3v) is 4.94. The third kappa shape index (κ3) is 4.20. The molecule has 27 heavy (non-hydrogen) atoms. The number of rotatable bonds is 6. The quantitative estimate of drug-likeness (QED) is 0.797. The Balaban J connectivity index is 2.06. The second-order valence-electron chi connectivity index (χ2n) is 6.99. The molecule has 1 aliphatic carbocycles. The van der Waals surface area contributed by atoms with E-state index in [0.29, 0.717) is 17.0 Å². The lowest BCUT2D eigenvalue weighted by atomic mass is 9.95. The number of hydrogen-bond acceptors (Lipinski definition) is 5. The zero-order valence-corrected chi connectivity index (χ0v) is 15.3. The molecule has 1 aliphatic rings. The van der Waals surface area contributed by atoms with E-state index in [-0.39, 0.29) is 29.8 Å². The van der Waals surface area contributed by atoms with Gasteiger partial charge < -0.3 is 15.6 Å². The molecular weight excluding hydrogens is 342 g/mol. The fourth-order valence-electron chi connectivity index (χ4n) is 3.51. The molecule has 0 spiro atoms. The highest BCUT2D eigenvalue weighted by Gasteiger charge is 2.22. The molecule has 0 saturated heterocycles. The summed E-state index contributed by atoms with van der Waals surface area (Å²) in [5.41, 5.74) is 8.27. The van der Waals surface area contributed by atoms with Crippen molar-refractivity contribution in [2.45, 2.75) is 51.0 Å². The molecule has 0 aliphatic heterocycles. The first-order valence-electron chi connectivity index (χ1n) is 9.18. The predicted octanol–water partition coefficient (Wildman–Crippen LogP) is 4.10. The van der Waals surface area contributed by atoms with Gasteiger partial charge in [-0.05, 0) is 37.8 Å². The Labute approximate surface area is 158 Å². The monoisotopic (exact) mass is 365 g/mol. The zero-order valence-electron chi connectivity index (χ0n) is 15.3. The number of carbonyl (C=O) groups is 1. The van der Waals surface area contributed by atoms with Gasteiger partial charge in [-0.2, -0.15) is 5.26 Å². The largest absolute Gasteiger partial charge is 0.490 e. The van der Waals surface area contributed by atoms with Crippen LogP contribution >= 0.6 is 0 Å². The topological polar surface area (TPSA) is 109 Å². The van der Waals surface area contributed by atoms with Crippen LogP contribution in [0.2, 0.25) is 0 Å². The van der Waals surface area contributed by atoms with Crippen LogP contribution in [0, 0.1) is 11.3 Å². The van der Waals surface area contributed by atoms with E-state index in [4.69, 9.17) is 15.6 Å². The highest BCUT2D eigenvalue weighted by molar-refractivity contribution is 5.80. The van der Waals surface area contributed by atoms with E-state index in [1.165, 1.54) is 0 Å². The van der Waals surface area contributed by atoms with Crippen LogP contribution in [0.25, 0.3) is 11.1 Å². The van der Waals surface area contributed by atoms with Crippen molar-refractivity contribution in [2.75, 3.05) is 5.73 Å². The number of benzene rings is 1. The van der Waals surface area contributed by atoms with Crippen LogP contribution in [0.1, 0.15) is 56.2 Å². The number of nitrogen functional groups attached to an aromatic ring is 1. The van der Waals surface area contributed by atoms with Gasteiger partial charge in [0.05, 0.1) is 12.5 Å². The van der Waals surface area contributed by atoms with Crippen molar-refractivity contribution >= 4 is 11.8 Å². The van der Waals surface area contributed by atoms with E-state index in [9.17, 15) is 10.1 Å². The van der Waals surface area contributed by atoms with Gasteiger partial charge in [-0.1, -0.05) is 25.1 Å². The van der Waals surface area contributed by atoms with E-state index >= 15 is 0 Å². The van der Waals surface area contributed by atoms with Gasteiger partial charge in [0.25, 0.3) is 0 Å². The second kappa shape index (κ2) is 8.09. The van der Waals surface area contributed by atoms with Gasteiger partial charge in [-0.15, -0.1) is 0 Å². The van der Waals surface area contributed by atoms with Crippen LogP contribution in [0.4, 0.5) is 5.82 Å². The van der Waals surface area contributed by atoms with Gasteiger partial charge in [-0.25, -0.2) is 4.98 Å². The molecule has 3 N–H and O–H groups in total. The number of ether oxygens (including phenoxy) is 1. The summed E-state index contributed by atoms with van der Waals surface area (Å²) in [6.07, 6.45) is 4.50. The molecule has 1 unspecified atom stereocenters. The Kier molecular flexibility index (Phi) is 5.60. The number of carboxylic acids is 1. The highest BCUT2D eigenvalue weighted by Crippen LogP contribution is 2.37. The SMILES string of the molecule is CC(CC(=O)O)c1cc(-c2ccccc2OC2CCCC2)c(C#N)c(N)n1. The molecule has 3 rings (SSSR count). The number of anilines is 1. The molecule has 0 bridgehead atoms. The predicted molar refractivity (Wildman–Crippen MR) is 102 cm³/mol.